The standard InChI is InChI=1S/C8H9FN4O/c9-6-1-11-8(12-2-6)13-3-5(4-13)7(10)14/h1-2,5H,3-4H2,(H2,10,14). The van der Waals surface area contributed by atoms with Gasteiger partial charge in [0.25, 0.3) is 0 Å². The summed E-state index contributed by atoms with van der Waals surface area (Å²) in [6, 6.07) is 0. The Kier molecular flexibility index (Phi) is 2.03. The summed E-state index contributed by atoms with van der Waals surface area (Å²) in [5.41, 5.74) is 5.10. The SMILES string of the molecule is NC(=O)C1CN(c2ncc(F)cn2)C1. The quantitative estimate of drug-likeness (QED) is 0.694. The Labute approximate surface area is 79.8 Å². The maximum absolute atomic E-state index is 12.5. The van der Waals surface area contributed by atoms with Crippen LogP contribution >= 0.6 is 0 Å². The van der Waals surface area contributed by atoms with Gasteiger partial charge >= 0.3 is 0 Å². The van der Waals surface area contributed by atoms with E-state index in [9.17, 15) is 9.18 Å². The molecule has 0 atom stereocenters. The third-order valence-electron chi connectivity index (χ3n) is 2.17. The molecule has 0 aliphatic carbocycles. The Bertz CT molecular complexity index is 347. The van der Waals surface area contributed by atoms with E-state index >= 15 is 0 Å². The van der Waals surface area contributed by atoms with Gasteiger partial charge in [0.1, 0.15) is 0 Å². The lowest BCUT2D eigenvalue weighted by atomic mass is 10.0. The zero-order chi connectivity index (χ0) is 10.1. The van der Waals surface area contributed by atoms with Gasteiger partial charge in [0.15, 0.2) is 5.82 Å². The lowest BCUT2D eigenvalue weighted by molar-refractivity contribution is -0.122. The van der Waals surface area contributed by atoms with Crippen molar-refractivity contribution in [2.45, 2.75) is 0 Å². The summed E-state index contributed by atoms with van der Waals surface area (Å²) in [4.78, 5) is 20.0. The average Bonchev–Trinajstić information content (AvgIpc) is 2.05. The first kappa shape index (κ1) is 8.86. The van der Waals surface area contributed by atoms with Crippen LogP contribution in [0, 0.1) is 11.7 Å². The molecule has 0 radical (unpaired) electrons. The highest BCUT2D eigenvalue weighted by Crippen LogP contribution is 2.19. The molecule has 0 bridgehead atoms. The summed E-state index contributed by atoms with van der Waals surface area (Å²) in [5, 5.41) is 0. The fourth-order valence-corrected chi connectivity index (χ4v) is 1.29. The van der Waals surface area contributed by atoms with Crippen molar-refractivity contribution in [3.05, 3.63) is 18.2 Å². The van der Waals surface area contributed by atoms with E-state index < -0.39 is 5.82 Å². The second kappa shape index (κ2) is 3.21. The van der Waals surface area contributed by atoms with E-state index in [0.29, 0.717) is 19.0 Å². The van der Waals surface area contributed by atoms with Gasteiger partial charge in [-0.3, -0.25) is 4.79 Å². The van der Waals surface area contributed by atoms with E-state index in [1.807, 2.05) is 0 Å². The Morgan fingerprint density at radius 2 is 2.07 bits per heavy atom. The van der Waals surface area contributed by atoms with Gasteiger partial charge in [-0.2, -0.15) is 0 Å². The van der Waals surface area contributed by atoms with E-state index in [4.69, 9.17) is 5.73 Å². The Balaban J connectivity index is 2.00. The molecule has 2 rings (SSSR count). The Morgan fingerprint density at radius 1 is 1.50 bits per heavy atom. The number of nitrogens with two attached hydrogens (primary N) is 1. The van der Waals surface area contributed by atoms with E-state index in [1.165, 1.54) is 0 Å². The molecule has 2 N–H and O–H groups in total. The summed E-state index contributed by atoms with van der Waals surface area (Å²) in [7, 11) is 0. The van der Waals surface area contributed by atoms with E-state index in [1.54, 1.807) is 4.90 Å². The monoisotopic (exact) mass is 196 g/mol. The van der Waals surface area contributed by atoms with E-state index in [2.05, 4.69) is 9.97 Å². The molecule has 1 aliphatic heterocycles. The molecule has 74 valence electrons. The zero-order valence-corrected chi connectivity index (χ0v) is 7.35. The minimum absolute atomic E-state index is 0.136. The van der Waals surface area contributed by atoms with Crippen molar-refractivity contribution in [3.63, 3.8) is 0 Å². The van der Waals surface area contributed by atoms with E-state index in [0.717, 1.165) is 12.4 Å². The molecular formula is C8H9FN4O. The molecule has 1 saturated heterocycles. The van der Waals surface area contributed by atoms with Crippen LogP contribution in [-0.4, -0.2) is 29.0 Å². The van der Waals surface area contributed by atoms with Gasteiger partial charge in [0.2, 0.25) is 11.9 Å². The second-order valence-electron chi connectivity index (χ2n) is 3.21. The number of aromatic nitrogens is 2. The summed E-state index contributed by atoms with van der Waals surface area (Å²) in [6.45, 7) is 1.03. The molecule has 0 unspecified atom stereocenters. The van der Waals surface area contributed by atoms with Crippen LogP contribution in [0.2, 0.25) is 0 Å². The maximum atomic E-state index is 12.5. The number of hydrogen-bond acceptors (Lipinski definition) is 4. The number of amides is 1. The molecule has 0 aromatic carbocycles. The molecule has 14 heavy (non-hydrogen) atoms. The van der Waals surface area contributed by atoms with Crippen molar-refractivity contribution < 1.29 is 9.18 Å². The largest absolute Gasteiger partial charge is 0.369 e. The van der Waals surface area contributed by atoms with Crippen LogP contribution < -0.4 is 10.6 Å². The molecule has 1 fully saturated rings. The molecular weight excluding hydrogens is 187 g/mol. The number of nitrogens with zero attached hydrogens (tertiary/aromatic N) is 3. The minimum atomic E-state index is -0.472. The van der Waals surface area contributed by atoms with Crippen LogP contribution in [0.25, 0.3) is 0 Å². The van der Waals surface area contributed by atoms with Crippen molar-refractivity contribution in [1.29, 1.82) is 0 Å². The predicted octanol–water partition coefficient (Wildman–Crippen LogP) is -0.463. The fraction of sp³-hybridized carbons (Fsp3) is 0.375. The Hall–Kier alpha value is -1.72. The number of carbonyl (C=O) groups excluding carboxylic acids is 1. The first-order valence-electron chi connectivity index (χ1n) is 4.18. The fourth-order valence-electron chi connectivity index (χ4n) is 1.29. The third-order valence-corrected chi connectivity index (χ3v) is 2.17. The lowest BCUT2D eigenvalue weighted by Crippen LogP contribution is -2.53. The number of hydrogen-bond donors (Lipinski definition) is 1. The molecule has 5 nitrogen and oxygen atoms in total. The summed E-state index contributed by atoms with van der Waals surface area (Å²) < 4.78 is 12.5. The van der Waals surface area contributed by atoms with Crippen LogP contribution in [0.4, 0.5) is 10.3 Å². The number of primary amides is 1. The van der Waals surface area contributed by atoms with Crippen LogP contribution in [0.1, 0.15) is 0 Å². The minimum Gasteiger partial charge on any atom is -0.369 e. The van der Waals surface area contributed by atoms with Crippen molar-refractivity contribution in [1.82, 2.24) is 9.97 Å². The van der Waals surface area contributed by atoms with Gasteiger partial charge in [0, 0.05) is 13.1 Å². The summed E-state index contributed by atoms with van der Waals surface area (Å²) in [6.07, 6.45) is 2.19. The Morgan fingerprint density at radius 3 is 2.57 bits per heavy atom. The van der Waals surface area contributed by atoms with Crippen molar-refractivity contribution in [2.75, 3.05) is 18.0 Å². The van der Waals surface area contributed by atoms with Crippen molar-refractivity contribution in [3.8, 4) is 0 Å². The molecule has 6 heteroatoms. The van der Waals surface area contributed by atoms with Gasteiger partial charge in [-0.05, 0) is 0 Å². The molecule has 1 amide bonds. The van der Waals surface area contributed by atoms with Gasteiger partial charge in [-0.25, -0.2) is 14.4 Å². The topological polar surface area (TPSA) is 72.1 Å². The number of halogens is 1. The first-order chi connectivity index (χ1) is 6.66. The predicted molar refractivity (Wildman–Crippen MR) is 46.9 cm³/mol. The molecule has 0 spiro atoms. The first-order valence-corrected chi connectivity index (χ1v) is 4.18. The molecule has 1 aromatic heterocycles. The lowest BCUT2D eigenvalue weighted by Gasteiger charge is -2.37. The second-order valence-corrected chi connectivity index (χ2v) is 3.21. The van der Waals surface area contributed by atoms with Gasteiger partial charge in [-0.1, -0.05) is 0 Å². The maximum Gasteiger partial charge on any atom is 0.225 e. The van der Waals surface area contributed by atoms with E-state index in [-0.39, 0.29) is 11.8 Å². The van der Waals surface area contributed by atoms with Crippen LogP contribution in [0.15, 0.2) is 12.4 Å². The van der Waals surface area contributed by atoms with Crippen molar-refractivity contribution >= 4 is 11.9 Å². The average molecular weight is 196 g/mol. The smallest absolute Gasteiger partial charge is 0.225 e. The van der Waals surface area contributed by atoms with Crippen LogP contribution in [0.3, 0.4) is 0 Å². The number of anilines is 1. The number of rotatable bonds is 2. The third kappa shape index (κ3) is 1.50. The van der Waals surface area contributed by atoms with Gasteiger partial charge in [-0.15, -0.1) is 0 Å². The molecule has 1 aromatic rings. The molecule has 1 aliphatic rings. The van der Waals surface area contributed by atoms with Gasteiger partial charge < -0.3 is 10.6 Å². The van der Waals surface area contributed by atoms with Crippen LogP contribution in [0.5, 0.6) is 0 Å². The summed E-state index contributed by atoms with van der Waals surface area (Å²) in [5.74, 6) is -0.489. The highest BCUT2D eigenvalue weighted by Gasteiger charge is 2.32. The van der Waals surface area contributed by atoms with Crippen LogP contribution in [-0.2, 0) is 4.79 Å². The van der Waals surface area contributed by atoms with Crippen molar-refractivity contribution in [2.24, 2.45) is 11.7 Å². The zero-order valence-electron chi connectivity index (χ0n) is 7.35. The normalized spacial score (nSPS) is 16.5. The summed E-state index contributed by atoms with van der Waals surface area (Å²) >= 11 is 0. The number of carbonyl (C=O) groups is 1. The van der Waals surface area contributed by atoms with Gasteiger partial charge in [0.05, 0.1) is 18.3 Å². The highest BCUT2D eigenvalue weighted by atomic mass is 19.1. The molecule has 2 heterocycles. The highest BCUT2D eigenvalue weighted by molar-refractivity contribution is 5.79. The molecule has 0 saturated carbocycles.